The van der Waals surface area contributed by atoms with Crippen molar-refractivity contribution in [1.29, 1.82) is 0 Å². The number of benzene rings is 4. The van der Waals surface area contributed by atoms with E-state index in [1.165, 1.54) is 11.1 Å². The van der Waals surface area contributed by atoms with Crippen LogP contribution in [0.2, 0.25) is 0 Å². The van der Waals surface area contributed by atoms with E-state index in [1.54, 1.807) is 0 Å². The van der Waals surface area contributed by atoms with Crippen molar-refractivity contribution in [3.05, 3.63) is 107 Å². The third-order valence-corrected chi connectivity index (χ3v) is 7.19. The molecule has 4 aromatic rings. The zero-order chi connectivity index (χ0) is 28.0. The summed E-state index contributed by atoms with van der Waals surface area (Å²) in [5, 5.41) is 0. The molecule has 2 heterocycles. The summed E-state index contributed by atoms with van der Waals surface area (Å²) >= 11 is 0. The minimum absolute atomic E-state index is 0.250. The summed E-state index contributed by atoms with van der Waals surface area (Å²) in [4.78, 5) is 4.41. The first kappa shape index (κ1) is 26.0. The van der Waals surface area contributed by atoms with Crippen LogP contribution in [0.15, 0.2) is 84.9 Å². The minimum atomic E-state index is 0.250. The molecular weight excluding hydrogens is 512 g/mol. The van der Waals surface area contributed by atoms with Gasteiger partial charge in [0.1, 0.15) is 36.2 Å². The fourth-order valence-corrected chi connectivity index (χ4v) is 5.08. The van der Waals surface area contributed by atoms with Gasteiger partial charge < -0.3 is 28.7 Å². The Labute approximate surface area is 241 Å². The van der Waals surface area contributed by atoms with Gasteiger partial charge in [0.05, 0.1) is 0 Å². The standard InChI is InChI=1S/C35H30N2O4/c1-3-17-38-32-13-15-34-28(20-32)22-36(24-40-34)30-9-5-26(6-10-30)19-27-7-11-31(12-8-27)37-23-29-21-33(39-18-4-2)14-16-35(29)41-25-37/h1-2,5-16,20-21H,17-19,22-25H2. The fourth-order valence-electron chi connectivity index (χ4n) is 5.08. The zero-order valence-electron chi connectivity index (χ0n) is 22.7. The van der Waals surface area contributed by atoms with Crippen molar-refractivity contribution in [2.24, 2.45) is 0 Å². The highest BCUT2D eigenvalue weighted by molar-refractivity contribution is 5.54. The number of anilines is 2. The lowest BCUT2D eigenvalue weighted by atomic mass is 10.0. The van der Waals surface area contributed by atoms with Crippen molar-refractivity contribution in [2.75, 3.05) is 36.5 Å². The molecule has 2 aliphatic rings. The Morgan fingerprint density at radius 2 is 1.05 bits per heavy atom. The molecule has 0 spiro atoms. The predicted octanol–water partition coefficient (Wildman–Crippen LogP) is 6.01. The number of nitrogens with zero attached hydrogens (tertiary/aromatic N) is 2. The quantitative estimate of drug-likeness (QED) is 0.254. The topological polar surface area (TPSA) is 43.4 Å². The van der Waals surface area contributed by atoms with E-state index < -0.39 is 0 Å². The third kappa shape index (κ3) is 6.03. The van der Waals surface area contributed by atoms with E-state index in [0.29, 0.717) is 13.5 Å². The summed E-state index contributed by atoms with van der Waals surface area (Å²) in [6.45, 7) is 2.99. The molecule has 6 nitrogen and oxygen atoms in total. The number of fused-ring (bicyclic) bond motifs is 2. The number of terminal acetylenes is 2. The number of rotatable bonds is 8. The largest absolute Gasteiger partial charge is 0.481 e. The van der Waals surface area contributed by atoms with Crippen LogP contribution in [0.5, 0.6) is 23.0 Å². The lowest BCUT2D eigenvalue weighted by Crippen LogP contribution is -2.31. The molecule has 6 heteroatoms. The molecule has 4 aromatic carbocycles. The van der Waals surface area contributed by atoms with Gasteiger partial charge in [0.25, 0.3) is 0 Å². The Bertz CT molecular complexity index is 1480. The summed E-state index contributed by atoms with van der Waals surface area (Å²) in [5.41, 5.74) is 6.88. The monoisotopic (exact) mass is 542 g/mol. The molecule has 0 N–H and O–H groups in total. The second-order valence-corrected chi connectivity index (χ2v) is 9.98. The summed E-state index contributed by atoms with van der Waals surface area (Å²) in [6.07, 6.45) is 11.5. The highest BCUT2D eigenvalue weighted by atomic mass is 16.5. The van der Waals surface area contributed by atoms with Crippen LogP contribution in [0.25, 0.3) is 0 Å². The molecule has 0 saturated heterocycles. The SMILES string of the molecule is C#CCOc1ccc2c(c1)CN(c1ccc(Cc3ccc(N4COc5ccc(OCC#C)cc5C4)cc3)cc1)CO2. The summed E-state index contributed by atoms with van der Waals surface area (Å²) in [6, 6.07) is 29.0. The van der Waals surface area contributed by atoms with Gasteiger partial charge in [0.2, 0.25) is 0 Å². The molecule has 0 amide bonds. The number of hydrogen-bond acceptors (Lipinski definition) is 6. The molecule has 2 aliphatic heterocycles. The lowest BCUT2D eigenvalue weighted by molar-refractivity contribution is 0.287. The highest BCUT2D eigenvalue weighted by Crippen LogP contribution is 2.33. The second kappa shape index (κ2) is 11.9. The van der Waals surface area contributed by atoms with Crippen LogP contribution >= 0.6 is 0 Å². The summed E-state index contributed by atoms with van der Waals surface area (Å²) < 4.78 is 23.1. The molecule has 0 radical (unpaired) electrons. The van der Waals surface area contributed by atoms with Crippen LogP contribution in [0.4, 0.5) is 11.4 Å². The maximum Gasteiger partial charge on any atom is 0.161 e. The van der Waals surface area contributed by atoms with Crippen LogP contribution in [-0.4, -0.2) is 26.7 Å². The van der Waals surface area contributed by atoms with Crippen LogP contribution in [0.1, 0.15) is 22.3 Å². The van der Waals surface area contributed by atoms with E-state index in [9.17, 15) is 0 Å². The van der Waals surface area contributed by atoms with Crippen LogP contribution in [0.3, 0.4) is 0 Å². The van der Waals surface area contributed by atoms with E-state index in [4.69, 9.17) is 31.8 Å². The Morgan fingerprint density at radius 1 is 0.610 bits per heavy atom. The van der Waals surface area contributed by atoms with E-state index in [1.807, 2.05) is 36.4 Å². The molecule has 0 aromatic heterocycles. The lowest BCUT2D eigenvalue weighted by Gasteiger charge is -2.31. The van der Waals surface area contributed by atoms with Crippen molar-refractivity contribution in [3.63, 3.8) is 0 Å². The molecule has 204 valence electrons. The average Bonchev–Trinajstić information content (AvgIpc) is 3.02. The molecule has 0 saturated carbocycles. The normalized spacial score (nSPS) is 13.5. The van der Waals surface area contributed by atoms with Crippen molar-refractivity contribution in [3.8, 4) is 47.7 Å². The van der Waals surface area contributed by atoms with E-state index in [2.05, 4.69) is 70.2 Å². The van der Waals surface area contributed by atoms with Gasteiger partial charge in [-0.25, -0.2) is 0 Å². The first-order valence-corrected chi connectivity index (χ1v) is 13.5. The average molecular weight is 543 g/mol. The van der Waals surface area contributed by atoms with Gasteiger partial charge in [0.15, 0.2) is 13.5 Å². The Hall–Kier alpha value is -5.20. The van der Waals surface area contributed by atoms with E-state index in [0.717, 1.165) is 65.0 Å². The van der Waals surface area contributed by atoms with Crippen molar-refractivity contribution < 1.29 is 18.9 Å². The van der Waals surface area contributed by atoms with E-state index >= 15 is 0 Å². The first-order valence-electron chi connectivity index (χ1n) is 13.5. The predicted molar refractivity (Wildman–Crippen MR) is 161 cm³/mol. The van der Waals surface area contributed by atoms with Crippen molar-refractivity contribution in [2.45, 2.75) is 19.5 Å². The van der Waals surface area contributed by atoms with E-state index in [-0.39, 0.29) is 13.2 Å². The first-order chi connectivity index (χ1) is 20.2. The van der Waals surface area contributed by atoms with Crippen LogP contribution < -0.4 is 28.7 Å². The van der Waals surface area contributed by atoms with Crippen LogP contribution in [0, 0.1) is 24.7 Å². The van der Waals surface area contributed by atoms with Gasteiger partial charge in [-0.3, -0.25) is 0 Å². The van der Waals surface area contributed by atoms with Gasteiger partial charge in [-0.2, -0.15) is 0 Å². The number of hydrogen-bond donors (Lipinski definition) is 0. The molecular formula is C35H30N2O4. The number of ether oxygens (including phenoxy) is 4. The molecule has 41 heavy (non-hydrogen) atoms. The molecule has 6 rings (SSSR count). The smallest absolute Gasteiger partial charge is 0.161 e. The second-order valence-electron chi connectivity index (χ2n) is 9.98. The molecule has 0 fully saturated rings. The minimum Gasteiger partial charge on any atom is -0.481 e. The van der Waals surface area contributed by atoms with Gasteiger partial charge in [0, 0.05) is 35.6 Å². The van der Waals surface area contributed by atoms with Crippen LogP contribution in [-0.2, 0) is 19.5 Å². The molecule has 0 aliphatic carbocycles. The summed E-state index contributed by atoms with van der Waals surface area (Å²) in [7, 11) is 0. The van der Waals surface area contributed by atoms with Gasteiger partial charge in [-0.05, 0) is 78.2 Å². The Balaban J connectivity index is 1.07. The zero-order valence-corrected chi connectivity index (χ0v) is 22.7. The maximum atomic E-state index is 5.98. The van der Waals surface area contributed by atoms with Crippen molar-refractivity contribution in [1.82, 2.24) is 0 Å². The van der Waals surface area contributed by atoms with Crippen molar-refractivity contribution >= 4 is 11.4 Å². The fraction of sp³-hybridized carbons (Fsp3) is 0.200. The molecule has 0 bridgehead atoms. The Morgan fingerprint density at radius 3 is 1.46 bits per heavy atom. The van der Waals surface area contributed by atoms with Gasteiger partial charge in [-0.1, -0.05) is 36.1 Å². The highest BCUT2D eigenvalue weighted by Gasteiger charge is 2.20. The van der Waals surface area contributed by atoms with Gasteiger partial charge >= 0.3 is 0 Å². The Kier molecular flexibility index (Phi) is 7.56. The molecule has 0 atom stereocenters. The molecule has 0 unspecified atom stereocenters. The third-order valence-electron chi connectivity index (χ3n) is 7.19. The summed E-state index contributed by atoms with van der Waals surface area (Å²) in [5.74, 6) is 8.28. The maximum absolute atomic E-state index is 5.98. The van der Waals surface area contributed by atoms with Gasteiger partial charge in [-0.15, -0.1) is 12.8 Å².